The van der Waals surface area contributed by atoms with E-state index in [9.17, 15) is 9.90 Å². The lowest BCUT2D eigenvalue weighted by atomic mass is 9.42. The number of nitrogens with zero attached hydrogens (tertiary/aromatic N) is 2. The summed E-state index contributed by atoms with van der Waals surface area (Å²) in [4.78, 5) is 20.1. The number of pyridine rings is 1. The first-order valence-electron chi connectivity index (χ1n) is 11.6. The van der Waals surface area contributed by atoms with E-state index < -0.39 is 5.60 Å². The van der Waals surface area contributed by atoms with Crippen molar-refractivity contribution in [3.63, 3.8) is 0 Å². The van der Waals surface area contributed by atoms with E-state index in [2.05, 4.69) is 34.3 Å². The Morgan fingerprint density at radius 1 is 1.17 bits per heavy atom. The fourth-order valence-electron chi connectivity index (χ4n) is 7.55. The Kier molecular flexibility index (Phi) is 4.74. The van der Waals surface area contributed by atoms with E-state index >= 15 is 0 Å². The Labute approximate surface area is 174 Å². The molecule has 1 aliphatic heterocycles. The van der Waals surface area contributed by atoms with Gasteiger partial charge in [-0.3, -0.25) is 14.7 Å². The van der Waals surface area contributed by atoms with Gasteiger partial charge in [0.15, 0.2) is 0 Å². The minimum atomic E-state index is -0.597. The van der Waals surface area contributed by atoms with Crippen LogP contribution in [0.2, 0.25) is 0 Å². The van der Waals surface area contributed by atoms with Crippen molar-refractivity contribution in [1.82, 2.24) is 15.2 Å². The first kappa shape index (κ1) is 19.5. The summed E-state index contributed by atoms with van der Waals surface area (Å²) >= 11 is 0. The van der Waals surface area contributed by atoms with Crippen LogP contribution in [0.5, 0.6) is 0 Å². The predicted octanol–water partition coefficient (Wildman–Crippen LogP) is 3.27. The molecule has 0 radical (unpaired) electrons. The number of carbonyl (C=O) groups is 1. The number of likely N-dealkylation sites (tertiary alicyclic amines) is 1. The van der Waals surface area contributed by atoms with Crippen molar-refractivity contribution in [2.45, 2.75) is 82.9 Å². The quantitative estimate of drug-likeness (QED) is 0.800. The number of rotatable bonds is 5. The lowest BCUT2D eigenvalue weighted by Crippen LogP contribution is -2.64. The fraction of sp³-hybridized carbons (Fsp3) is 0.750. The number of amides is 1. The highest BCUT2D eigenvalue weighted by atomic mass is 16.3. The monoisotopic (exact) mass is 397 g/mol. The van der Waals surface area contributed by atoms with Crippen molar-refractivity contribution in [1.29, 1.82) is 0 Å². The van der Waals surface area contributed by atoms with Crippen molar-refractivity contribution >= 4 is 5.91 Å². The summed E-state index contributed by atoms with van der Waals surface area (Å²) in [6, 6.07) is 4.43. The molecule has 1 aromatic rings. The molecule has 4 bridgehead atoms. The maximum atomic E-state index is 13.5. The Hall–Kier alpha value is -1.46. The normalized spacial score (nSPS) is 39.6. The van der Waals surface area contributed by atoms with Crippen LogP contribution < -0.4 is 5.32 Å². The summed E-state index contributed by atoms with van der Waals surface area (Å²) in [5.41, 5.74) is 0.576. The summed E-state index contributed by atoms with van der Waals surface area (Å²) in [5.74, 6) is 0.773. The number of piperidine rings is 1. The molecule has 4 saturated carbocycles. The molecule has 5 fully saturated rings. The lowest BCUT2D eigenvalue weighted by molar-refractivity contribution is -0.204. The van der Waals surface area contributed by atoms with Crippen molar-refractivity contribution in [2.24, 2.45) is 16.7 Å². The van der Waals surface area contributed by atoms with Crippen LogP contribution in [0.4, 0.5) is 0 Å². The molecule has 5 heteroatoms. The molecule has 6 rings (SSSR count). The highest BCUT2D eigenvalue weighted by Crippen LogP contribution is 2.67. The molecule has 2 N–H and O–H groups in total. The minimum absolute atomic E-state index is 0.194. The van der Waals surface area contributed by atoms with Gasteiger partial charge in [0.1, 0.15) is 0 Å². The van der Waals surface area contributed by atoms with Gasteiger partial charge in [0, 0.05) is 38.1 Å². The molecule has 0 aromatic carbocycles. The standard InChI is InChI=1S/C24H35N3O2/c1-2-22-11-19-12-23(15-22,17-24(29,13-19)16-22)21(28)26-20-5-9-27(10-6-20)14-18-3-7-25-8-4-18/h3-4,7-8,19-20,29H,2,5-6,9-17H2,1H3,(H,26,28). The Balaban J connectivity index is 1.20. The molecule has 5 nitrogen and oxygen atoms in total. The zero-order chi connectivity index (χ0) is 20.1. The fourth-order valence-corrected chi connectivity index (χ4v) is 7.55. The van der Waals surface area contributed by atoms with Crippen LogP contribution >= 0.6 is 0 Å². The van der Waals surface area contributed by atoms with E-state index in [1.165, 1.54) is 12.0 Å². The van der Waals surface area contributed by atoms with E-state index in [4.69, 9.17) is 0 Å². The number of carbonyl (C=O) groups excluding carboxylic acids is 1. The van der Waals surface area contributed by atoms with Gasteiger partial charge in [-0.15, -0.1) is 0 Å². The van der Waals surface area contributed by atoms with Crippen LogP contribution in [0.25, 0.3) is 0 Å². The predicted molar refractivity (Wildman–Crippen MR) is 112 cm³/mol. The van der Waals surface area contributed by atoms with Crippen LogP contribution in [0.3, 0.4) is 0 Å². The molecule has 4 aliphatic carbocycles. The summed E-state index contributed by atoms with van der Waals surface area (Å²) < 4.78 is 0. The Morgan fingerprint density at radius 2 is 1.93 bits per heavy atom. The van der Waals surface area contributed by atoms with E-state index in [0.717, 1.165) is 64.6 Å². The maximum absolute atomic E-state index is 13.5. The Morgan fingerprint density at radius 3 is 2.62 bits per heavy atom. The molecular weight excluding hydrogens is 362 g/mol. The van der Waals surface area contributed by atoms with Crippen LogP contribution in [-0.4, -0.2) is 45.6 Å². The van der Waals surface area contributed by atoms with Gasteiger partial charge >= 0.3 is 0 Å². The first-order chi connectivity index (χ1) is 13.9. The van der Waals surface area contributed by atoms with Gasteiger partial charge in [-0.05, 0) is 80.4 Å². The highest BCUT2D eigenvalue weighted by molar-refractivity contribution is 5.83. The van der Waals surface area contributed by atoms with Crippen molar-refractivity contribution in [3.05, 3.63) is 30.1 Å². The second-order valence-corrected chi connectivity index (χ2v) is 10.7. The highest BCUT2D eigenvalue weighted by Gasteiger charge is 2.64. The van der Waals surface area contributed by atoms with E-state index in [1.54, 1.807) is 0 Å². The zero-order valence-corrected chi connectivity index (χ0v) is 17.7. The van der Waals surface area contributed by atoms with E-state index in [0.29, 0.717) is 12.3 Å². The van der Waals surface area contributed by atoms with Crippen LogP contribution in [0, 0.1) is 16.7 Å². The average molecular weight is 398 g/mol. The molecule has 29 heavy (non-hydrogen) atoms. The van der Waals surface area contributed by atoms with Gasteiger partial charge in [0.2, 0.25) is 5.91 Å². The molecule has 0 spiro atoms. The molecular formula is C24H35N3O2. The second kappa shape index (κ2) is 7.05. The van der Waals surface area contributed by atoms with Gasteiger partial charge < -0.3 is 10.4 Å². The molecule has 4 unspecified atom stereocenters. The van der Waals surface area contributed by atoms with Crippen LogP contribution in [-0.2, 0) is 11.3 Å². The topological polar surface area (TPSA) is 65.5 Å². The lowest BCUT2D eigenvalue weighted by Gasteiger charge is -2.64. The largest absolute Gasteiger partial charge is 0.390 e. The van der Waals surface area contributed by atoms with Crippen LogP contribution in [0.15, 0.2) is 24.5 Å². The van der Waals surface area contributed by atoms with Crippen molar-refractivity contribution in [2.75, 3.05) is 13.1 Å². The maximum Gasteiger partial charge on any atom is 0.226 e. The summed E-state index contributed by atoms with van der Waals surface area (Å²) in [6.07, 6.45) is 12.5. The first-order valence-corrected chi connectivity index (χ1v) is 11.6. The van der Waals surface area contributed by atoms with Crippen molar-refractivity contribution < 1.29 is 9.90 Å². The number of hydrogen-bond acceptors (Lipinski definition) is 4. The van der Waals surface area contributed by atoms with E-state index in [1.807, 2.05) is 12.4 Å². The summed E-state index contributed by atoms with van der Waals surface area (Å²) in [5, 5.41) is 14.6. The third-order valence-electron chi connectivity index (χ3n) is 8.46. The number of aromatic nitrogens is 1. The van der Waals surface area contributed by atoms with Crippen molar-refractivity contribution in [3.8, 4) is 0 Å². The molecule has 1 amide bonds. The SMILES string of the molecule is CCC12CC3CC(O)(C1)CC(C(=O)NC1CCN(Cc4ccncc4)CC1)(C3)C2. The molecule has 1 aromatic heterocycles. The zero-order valence-electron chi connectivity index (χ0n) is 17.7. The third kappa shape index (κ3) is 3.61. The summed E-state index contributed by atoms with van der Waals surface area (Å²) in [7, 11) is 0. The second-order valence-electron chi connectivity index (χ2n) is 10.7. The molecule has 4 atom stereocenters. The number of aliphatic hydroxyl groups is 1. The minimum Gasteiger partial charge on any atom is -0.390 e. The van der Waals surface area contributed by atoms with Gasteiger partial charge in [0.25, 0.3) is 0 Å². The third-order valence-corrected chi connectivity index (χ3v) is 8.46. The average Bonchev–Trinajstić information content (AvgIpc) is 2.68. The van der Waals surface area contributed by atoms with Gasteiger partial charge in [-0.1, -0.05) is 13.3 Å². The molecule has 5 aliphatic rings. The van der Waals surface area contributed by atoms with Gasteiger partial charge in [0.05, 0.1) is 11.0 Å². The number of nitrogens with one attached hydrogen (secondary N) is 1. The smallest absolute Gasteiger partial charge is 0.226 e. The van der Waals surface area contributed by atoms with Gasteiger partial charge in [-0.25, -0.2) is 0 Å². The van der Waals surface area contributed by atoms with Gasteiger partial charge in [-0.2, -0.15) is 0 Å². The molecule has 158 valence electrons. The molecule has 2 heterocycles. The van der Waals surface area contributed by atoms with Crippen LogP contribution in [0.1, 0.15) is 70.3 Å². The molecule has 1 saturated heterocycles. The number of hydrogen-bond donors (Lipinski definition) is 2. The Bertz CT molecular complexity index is 763. The summed E-state index contributed by atoms with van der Waals surface area (Å²) in [6.45, 7) is 5.25. The van der Waals surface area contributed by atoms with E-state index in [-0.39, 0.29) is 22.8 Å².